The summed E-state index contributed by atoms with van der Waals surface area (Å²) in [6.07, 6.45) is 3.03. The van der Waals surface area contributed by atoms with Gasteiger partial charge in [0, 0.05) is 12.5 Å². The molecule has 0 saturated heterocycles. The first-order valence-electron chi connectivity index (χ1n) is 12.9. The maximum Gasteiger partial charge on any atom is 0.475 e. The minimum atomic E-state index is -1.77. The fourth-order valence-electron chi connectivity index (χ4n) is 3.33. The number of nitrogens with zero attached hydrogens (tertiary/aromatic N) is 1. The molecule has 0 saturated carbocycles. The van der Waals surface area contributed by atoms with Crippen molar-refractivity contribution in [3.63, 3.8) is 0 Å². The molecule has 208 valence electrons. The smallest absolute Gasteiger partial charge is 0.426 e. The van der Waals surface area contributed by atoms with Crippen molar-refractivity contribution in [1.29, 1.82) is 5.26 Å². The summed E-state index contributed by atoms with van der Waals surface area (Å²) in [7, 11) is -1.77. The molecule has 0 aliphatic heterocycles. The van der Waals surface area contributed by atoms with E-state index in [0.717, 1.165) is 0 Å². The lowest BCUT2D eigenvalue weighted by Gasteiger charge is -2.25. The van der Waals surface area contributed by atoms with Crippen LogP contribution >= 0.6 is 0 Å². The van der Waals surface area contributed by atoms with Crippen LogP contribution in [0.25, 0.3) is 0 Å². The van der Waals surface area contributed by atoms with Crippen molar-refractivity contribution in [3.8, 4) is 6.07 Å². The van der Waals surface area contributed by atoms with Gasteiger partial charge in [-0.2, -0.15) is 5.26 Å². The van der Waals surface area contributed by atoms with Crippen molar-refractivity contribution in [2.24, 2.45) is 17.8 Å². The number of nitriles is 1. The number of amides is 4. The molecule has 4 amide bonds. The standard InChI is InChI=1S/C25H44BN5O6/c1-15(2)12-19(14-27)24(34)28-11-9-8-10-20(25(35)31-21(26(36)37)13-16(3)4)30-23(33)18(7)29-22(32)17(5)6/h12,15-18,20-21,36-37H,8-11,13H2,1-7H3,(H,28,34)(H,29,32)(H,30,33)(H,31,35). The summed E-state index contributed by atoms with van der Waals surface area (Å²) in [5.74, 6) is -3.00. The van der Waals surface area contributed by atoms with Crippen LogP contribution in [0.15, 0.2) is 11.6 Å². The van der Waals surface area contributed by atoms with Crippen LogP contribution in [0, 0.1) is 29.1 Å². The molecular formula is C25H44BN5O6. The van der Waals surface area contributed by atoms with Crippen LogP contribution in [-0.2, 0) is 19.2 Å². The lowest BCUT2D eigenvalue weighted by atomic mass is 9.75. The number of nitrogens with one attached hydrogen (secondary N) is 4. The second-order valence-electron chi connectivity index (χ2n) is 10.3. The highest BCUT2D eigenvalue weighted by Gasteiger charge is 2.30. The molecule has 0 bridgehead atoms. The van der Waals surface area contributed by atoms with Gasteiger partial charge in [0.25, 0.3) is 5.91 Å². The summed E-state index contributed by atoms with van der Waals surface area (Å²) < 4.78 is 0. The van der Waals surface area contributed by atoms with Gasteiger partial charge in [-0.15, -0.1) is 0 Å². The predicted molar refractivity (Wildman–Crippen MR) is 141 cm³/mol. The van der Waals surface area contributed by atoms with E-state index in [2.05, 4.69) is 21.3 Å². The number of carbonyl (C=O) groups excluding carboxylic acids is 4. The number of hydrogen-bond acceptors (Lipinski definition) is 7. The first kappa shape index (κ1) is 34.1. The molecule has 3 unspecified atom stereocenters. The number of carbonyl (C=O) groups is 4. The van der Waals surface area contributed by atoms with Crippen molar-refractivity contribution in [2.45, 2.75) is 92.2 Å². The van der Waals surface area contributed by atoms with Crippen LogP contribution in [0.2, 0.25) is 0 Å². The van der Waals surface area contributed by atoms with E-state index in [-0.39, 0.29) is 42.2 Å². The van der Waals surface area contributed by atoms with Crippen LogP contribution in [0.5, 0.6) is 0 Å². The fraction of sp³-hybridized carbons (Fsp3) is 0.720. The zero-order chi connectivity index (χ0) is 28.7. The quantitative estimate of drug-likeness (QED) is 0.0743. The van der Waals surface area contributed by atoms with Gasteiger partial charge in [0.2, 0.25) is 17.7 Å². The summed E-state index contributed by atoms with van der Waals surface area (Å²) in [6.45, 7) is 12.7. The van der Waals surface area contributed by atoms with Gasteiger partial charge in [-0.3, -0.25) is 19.2 Å². The van der Waals surface area contributed by atoms with Gasteiger partial charge in [0.1, 0.15) is 23.7 Å². The summed E-state index contributed by atoms with van der Waals surface area (Å²) >= 11 is 0. The zero-order valence-electron chi connectivity index (χ0n) is 23.1. The Kier molecular flexibility index (Phi) is 16.2. The third kappa shape index (κ3) is 14.4. The average molecular weight is 521 g/mol. The van der Waals surface area contributed by atoms with E-state index >= 15 is 0 Å². The van der Waals surface area contributed by atoms with E-state index < -0.39 is 42.9 Å². The molecule has 12 heteroatoms. The third-order valence-corrected chi connectivity index (χ3v) is 5.39. The highest BCUT2D eigenvalue weighted by molar-refractivity contribution is 6.43. The molecule has 0 aromatic carbocycles. The molecule has 0 aliphatic rings. The Hall–Kier alpha value is -2.91. The van der Waals surface area contributed by atoms with Crippen LogP contribution in [0.1, 0.15) is 74.1 Å². The van der Waals surface area contributed by atoms with Crippen molar-refractivity contribution in [1.82, 2.24) is 21.3 Å². The Bertz CT molecular complexity index is 838. The Morgan fingerprint density at radius 2 is 1.51 bits per heavy atom. The fourth-order valence-corrected chi connectivity index (χ4v) is 3.33. The predicted octanol–water partition coefficient (Wildman–Crippen LogP) is 0.567. The summed E-state index contributed by atoms with van der Waals surface area (Å²) in [5, 5.41) is 39.0. The highest BCUT2D eigenvalue weighted by Crippen LogP contribution is 2.09. The normalized spacial score (nSPS) is 14.0. The zero-order valence-corrected chi connectivity index (χ0v) is 23.1. The maximum absolute atomic E-state index is 13.0. The molecule has 0 aromatic rings. The first-order valence-corrected chi connectivity index (χ1v) is 12.9. The van der Waals surface area contributed by atoms with Crippen LogP contribution < -0.4 is 21.3 Å². The Balaban J connectivity index is 5.23. The average Bonchev–Trinajstić information content (AvgIpc) is 2.79. The van der Waals surface area contributed by atoms with Crippen LogP contribution in [-0.4, -0.2) is 65.4 Å². The van der Waals surface area contributed by atoms with Crippen LogP contribution in [0.3, 0.4) is 0 Å². The Labute approximate surface area is 221 Å². The lowest BCUT2D eigenvalue weighted by Crippen LogP contribution is -2.56. The molecule has 0 spiro atoms. The molecule has 0 heterocycles. The van der Waals surface area contributed by atoms with Crippen molar-refractivity contribution in [2.75, 3.05) is 6.54 Å². The monoisotopic (exact) mass is 521 g/mol. The molecule has 3 atom stereocenters. The van der Waals surface area contributed by atoms with Gasteiger partial charge < -0.3 is 31.3 Å². The Morgan fingerprint density at radius 1 is 0.892 bits per heavy atom. The van der Waals surface area contributed by atoms with E-state index in [0.29, 0.717) is 19.3 Å². The van der Waals surface area contributed by atoms with E-state index in [1.807, 2.05) is 33.8 Å². The van der Waals surface area contributed by atoms with Crippen LogP contribution in [0.4, 0.5) is 0 Å². The van der Waals surface area contributed by atoms with Gasteiger partial charge in [-0.05, 0) is 44.4 Å². The van der Waals surface area contributed by atoms with Gasteiger partial charge >= 0.3 is 7.12 Å². The van der Waals surface area contributed by atoms with Gasteiger partial charge in [-0.25, -0.2) is 0 Å². The van der Waals surface area contributed by atoms with Gasteiger partial charge in [0.15, 0.2) is 0 Å². The second kappa shape index (κ2) is 17.5. The summed E-state index contributed by atoms with van der Waals surface area (Å²) in [6, 6.07) is 0.00505. The molecule has 0 radical (unpaired) electrons. The summed E-state index contributed by atoms with van der Waals surface area (Å²) in [4.78, 5) is 49.8. The van der Waals surface area contributed by atoms with Gasteiger partial charge in [0.05, 0.1) is 5.94 Å². The molecule has 0 fully saturated rings. The molecule has 37 heavy (non-hydrogen) atoms. The van der Waals surface area contributed by atoms with E-state index in [4.69, 9.17) is 5.26 Å². The van der Waals surface area contributed by atoms with Gasteiger partial charge in [-0.1, -0.05) is 47.6 Å². The molecular weight excluding hydrogens is 477 g/mol. The molecule has 11 nitrogen and oxygen atoms in total. The maximum atomic E-state index is 13.0. The summed E-state index contributed by atoms with van der Waals surface area (Å²) in [5.41, 5.74) is 0.0377. The van der Waals surface area contributed by atoms with E-state index in [9.17, 15) is 29.2 Å². The van der Waals surface area contributed by atoms with Crippen molar-refractivity contribution < 1.29 is 29.2 Å². The largest absolute Gasteiger partial charge is 0.475 e. The van der Waals surface area contributed by atoms with Crippen molar-refractivity contribution >= 4 is 30.7 Å². The van der Waals surface area contributed by atoms with E-state index in [1.54, 1.807) is 19.9 Å². The second-order valence-corrected chi connectivity index (χ2v) is 10.3. The molecule has 0 rings (SSSR count). The number of allylic oxidation sites excluding steroid dienone is 1. The minimum Gasteiger partial charge on any atom is -0.426 e. The number of hydrogen-bond donors (Lipinski definition) is 6. The number of unbranched alkanes of at least 4 members (excludes halogenated alkanes) is 1. The number of rotatable bonds is 16. The topological polar surface area (TPSA) is 181 Å². The van der Waals surface area contributed by atoms with Crippen molar-refractivity contribution in [3.05, 3.63) is 11.6 Å². The lowest BCUT2D eigenvalue weighted by molar-refractivity contribution is -0.132. The minimum absolute atomic E-state index is 0.0377. The Morgan fingerprint density at radius 3 is 2.00 bits per heavy atom. The molecule has 0 aromatic heterocycles. The molecule has 6 N–H and O–H groups in total. The van der Waals surface area contributed by atoms with E-state index in [1.165, 1.54) is 6.92 Å². The third-order valence-electron chi connectivity index (χ3n) is 5.39. The highest BCUT2D eigenvalue weighted by atomic mass is 16.4. The first-order chi connectivity index (χ1) is 17.2. The molecule has 0 aliphatic carbocycles. The SMILES string of the molecule is CC(C)C=C(C#N)C(=O)NCCCCC(NC(=O)C(C)NC(=O)C(C)C)C(=O)NC(CC(C)C)B(O)O.